The molecule has 6 nitrogen and oxygen atoms in total. The van der Waals surface area contributed by atoms with Crippen molar-refractivity contribution in [1.29, 1.82) is 0 Å². The summed E-state index contributed by atoms with van der Waals surface area (Å²) in [5, 5.41) is 7.31. The summed E-state index contributed by atoms with van der Waals surface area (Å²) >= 11 is 0. The molecule has 0 bridgehead atoms. The van der Waals surface area contributed by atoms with Crippen LogP contribution in [0.3, 0.4) is 0 Å². The molecule has 0 radical (unpaired) electrons. The Hall–Kier alpha value is -2.63. The Morgan fingerprint density at radius 1 is 1.24 bits per heavy atom. The summed E-state index contributed by atoms with van der Waals surface area (Å²) in [6, 6.07) is 7.39. The van der Waals surface area contributed by atoms with Gasteiger partial charge in [-0.15, -0.1) is 0 Å². The Labute approximate surface area is 146 Å². The summed E-state index contributed by atoms with van der Waals surface area (Å²) in [5.41, 5.74) is 4.11. The number of fused-ring (bicyclic) bond motifs is 1. The second-order valence-electron chi connectivity index (χ2n) is 6.91. The van der Waals surface area contributed by atoms with Crippen LogP contribution in [0.2, 0.25) is 0 Å². The van der Waals surface area contributed by atoms with E-state index in [0.717, 1.165) is 36.1 Å². The lowest BCUT2D eigenvalue weighted by Crippen LogP contribution is -2.40. The van der Waals surface area contributed by atoms with Gasteiger partial charge in [-0.1, -0.05) is 12.1 Å². The lowest BCUT2D eigenvalue weighted by molar-refractivity contribution is -0.127. The first-order valence-corrected chi connectivity index (χ1v) is 8.71. The minimum absolute atomic E-state index is 0.0368. The zero-order chi connectivity index (χ0) is 17.6. The molecule has 4 rings (SSSR count). The number of likely N-dealkylation sites (N-methyl/N-ethyl adjacent to an activating group) is 1. The fourth-order valence-corrected chi connectivity index (χ4v) is 4.16. The first kappa shape index (κ1) is 15.9. The predicted molar refractivity (Wildman–Crippen MR) is 93.1 cm³/mol. The minimum atomic E-state index is -0.252. The Morgan fingerprint density at radius 3 is 2.84 bits per heavy atom. The molecule has 6 heteroatoms. The van der Waals surface area contributed by atoms with Crippen molar-refractivity contribution >= 4 is 11.8 Å². The number of amides is 2. The Morgan fingerprint density at radius 2 is 2.08 bits per heavy atom. The molecule has 1 saturated heterocycles. The van der Waals surface area contributed by atoms with E-state index in [-0.39, 0.29) is 23.9 Å². The van der Waals surface area contributed by atoms with E-state index in [0.29, 0.717) is 6.42 Å². The molecule has 1 aromatic heterocycles. The molecule has 2 aliphatic rings. The van der Waals surface area contributed by atoms with Crippen LogP contribution in [0.4, 0.5) is 0 Å². The van der Waals surface area contributed by atoms with Gasteiger partial charge in [0.1, 0.15) is 0 Å². The maximum Gasteiger partial charge on any atom is 0.251 e. The molecule has 2 heterocycles. The highest BCUT2D eigenvalue weighted by molar-refractivity contribution is 5.97. The van der Waals surface area contributed by atoms with Crippen LogP contribution in [0, 0.1) is 0 Å². The number of hydrogen-bond donors (Lipinski definition) is 1. The Kier molecular flexibility index (Phi) is 3.82. The number of rotatable bonds is 3. The van der Waals surface area contributed by atoms with Crippen LogP contribution in [0.1, 0.15) is 46.1 Å². The molecule has 1 aliphatic heterocycles. The van der Waals surface area contributed by atoms with E-state index in [1.165, 1.54) is 5.56 Å². The highest BCUT2D eigenvalue weighted by Gasteiger charge is 2.41. The van der Waals surface area contributed by atoms with Crippen LogP contribution in [0.15, 0.2) is 30.5 Å². The fraction of sp³-hybridized carbons (Fsp3) is 0.421. The lowest BCUT2D eigenvalue weighted by atomic mass is 10.0. The largest absolute Gasteiger partial charge is 0.346 e. The number of aryl methyl sites for hydroxylation is 2. The van der Waals surface area contributed by atoms with Gasteiger partial charge in [0.05, 0.1) is 17.8 Å². The van der Waals surface area contributed by atoms with Crippen molar-refractivity contribution in [3.05, 3.63) is 52.8 Å². The molecular weight excluding hydrogens is 316 g/mol. The van der Waals surface area contributed by atoms with E-state index >= 15 is 0 Å². The van der Waals surface area contributed by atoms with Crippen molar-refractivity contribution in [3.8, 4) is 0 Å². The van der Waals surface area contributed by atoms with Gasteiger partial charge >= 0.3 is 0 Å². The summed E-state index contributed by atoms with van der Waals surface area (Å²) < 4.78 is 1.76. The van der Waals surface area contributed by atoms with E-state index in [9.17, 15) is 9.59 Å². The molecule has 2 atom stereocenters. The van der Waals surface area contributed by atoms with Gasteiger partial charge in [0.25, 0.3) is 5.91 Å². The molecule has 2 amide bonds. The third kappa shape index (κ3) is 2.62. The van der Waals surface area contributed by atoms with Gasteiger partial charge in [-0.3, -0.25) is 14.3 Å². The van der Waals surface area contributed by atoms with Gasteiger partial charge in [0.2, 0.25) is 5.91 Å². The number of benzene rings is 1. The van der Waals surface area contributed by atoms with E-state index in [4.69, 9.17) is 0 Å². The van der Waals surface area contributed by atoms with Gasteiger partial charge in [0.15, 0.2) is 0 Å². The predicted octanol–water partition coefficient (Wildman–Crippen LogP) is 1.61. The third-order valence-electron chi connectivity index (χ3n) is 5.46. The van der Waals surface area contributed by atoms with E-state index < -0.39 is 0 Å². The highest BCUT2D eigenvalue weighted by Crippen LogP contribution is 2.32. The highest BCUT2D eigenvalue weighted by atomic mass is 16.2. The molecule has 0 saturated carbocycles. The Balaban J connectivity index is 1.61. The smallest absolute Gasteiger partial charge is 0.251 e. The number of nitrogens with zero attached hydrogens (tertiary/aromatic N) is 3. The summed E-state index contributed by atoms with van der Waals surface area (Å²) in [6.07, 6.45) is 5.12. The minimum Gasteiger partial charge on any atom is -0.346 e. The summed E-state index contributed by atoms with van der Waals surface area (Å²) in [5.74, 6) is -0.0474. The molecule has 1 aromatic carbocycles. The van der Waals surface area contributed by atoms with Gasteiger partial charge in [0, 0.05) is 32.3 Å². The van der Waals surface area contributed by atoms with Gasteiger partial charge < -0.3 is 10.2 Å². The van der Waals surface area contributed by atoms with Crippen LogP contribution >= 0.6 is 0 Å². The average Bonchev–Trinajstić information content (AvgIpc) is 3.28. The number of likely N-dealkylation sites (tertiary alicyclic amines) is 1. The summed E-state index contributed by atoms with van der Waals surface area (Å²) in [7, 11) is 3.64. The van der Waals surface area contributed by atoms with Crippen molar-refractivity contribution in [2.45, 2.75) is 37.8 Å². The zero-order valence-corrected chi connectivity index (χ0v) is 14.5. The van der Waals surface area contributed by atoms with Crippen LogP contribution in [0.25, 0.3) is 0 Å². The van der Waals surface area contributed by atoms with Crippen LogP contribution in [-0.4, -0.2) is 39.6 Å². The van der Waals surface area contributed by atoms with Gasteiger partial charge in [-0.2, -0.15) is 5.10 Å². The van der Waals surface area contributed by atoms with Crippen molar-refractivity contribution in [3.63, 3.8) is 0 Å². The number of nitrogens with one attached hydrogen (secondary N) is 1. The summed E-state index contributed by atoms with van der Waals surface area (Å²) in [4.78, 5) is 26.9. The number of aromatic nitrogens is 2. The van der Waals surface area contributed by atoms with E-state index in [1.54, 1.807) is 22.8 Å². The first-order valence-electron chi connectivity index (χ1n) is 8.71. The number of hydrogen-bond acceptors (Lipinski definition) is 3. The fourth-order valence-electron chi connectivity index (χ4n) is 4.16. The molecule has 1 N–H and O–H groups in total. The molecule has 0 spiro atoms. The first-order chi connectivity index (χ1) is 12.1. The maximum atomic E-state index is 12.9. The monoisotopic (exact) mass is 338 g/mol. The van der Waals surface area contributed by atoms with Gasteiger partial charge in [-0.25, -0.2) is 0 Å². The van der Waals surface area contributed by atoms with E-state index in [1.807, 2.05) is 25.2 Å². The van der Waals surface area contributed by atoms with Gasteiger partial charge in [-0.05, 0) is 42.5 Å². The molecule has 1 fully saturated rings. The molecule has 2 aromatic rings. The van der Waals surface area contributed by atoms with Crippen LogP contribution < -0.4 is 5.32 Å². The maximum absolute atomic E-state index is 12.9. The lowest BCUT2D eigenvalue weighted by Gasteiger charge is -2.26. The second-order valence-corrected chi connectivity index (χ2v) is 6.91. The average molecular weight is 338 g/mol. The quantitative estimate of drug-likeness (QED) is 0.924. The SMILES string of the molecule is CN1C(=O)C[C@@H](NC(=O)c2cccc3c2CCC3)[C@@H]1c1ccnn1C. The van der Waals surface area contributed by atoms with Crippen LogP contribution in [0.5, 0.6) is 0 Å². The zero-order valence-electron chi connectivity index (χ0n) is 14.5. The molecule has 25 heavy (non-hydrogen) atoms. The standard InChI is InChI=1S/C19H22N4O2/c1-22-17(24)11-15(18(22)16-9-10-20-23(16)2)21-19(25)14-8-4-6-12-5-3-7-13(12)14/h4,6,8-10,15,18H,3,5,7,11H2,1-2H3,(H,21,25)/t15-,18-/m1/s1. The third-order valence-corrected chi connectivity index (χ3v) is 5.46. The molecule has 1 aliphatic carbocycles. The normalized spacial score (nSPS) is 22.3. The summed E-state index contributed by atoms with van der Waals surface area (Å²) in [6.45, 7) is 0. The number of carbonyl (C=O) groups excluding carboxylic acids is 2. The number of carbonyl (C=O) groups is 2. The van der Waals surface area contributed by atoms with Crippen LogP contribution in [-0.2, 0) is 24.7 Å². The topological polar surface area (TPSA) is 67.2 Å². The van der Waals surface area contributed by atoms with Crippen molar-refractivity contribution in [2.24, 2.45) is 7.05 Å². The van der Waals surface area contributed by atoms with Crippen molar-refractivity contribution in [2.75, 3.05) is 7.05 Å². The second kappa shape index (κ2) is 6.02. The van der Waals surface area contributed by atoms with Crippen molar-refractivity contribution < 1.29 is 9.59 Å². The Bertz CT molecular complexity index is 842. The molecular formula is C19H22N4O2. The van der Waals surface area contributed by atoms with Crippen molar-refractivity contribution in [1.82, 2.24) is 20.0 Å². The molecule has 130 valence electrons. The molecule has 0 unspecified atom stereocenters. The van der Waals surface area contributed by atoms with E-state index in [2.05, 4.69) is 16.5 Å².